The highest BCUT2D eigenvalue weighted by molar-refractivity contribution is 7.99. The Kier molecular flexibility index (Phi) is 4.11. The number of carbonyl (C=O) groups excluding carboxylic acids is 1. The molecule has 1 atom stereocenters. The zero-order chi connectivity index (χ0) is 15.5. The minimum absolute atomic E-state index is 0.0138. The number of hydrogen-bond donors (Lipinski definition) is 1. The van der Waals surface area contributed by atoms with E-state index in [1.807, 2.05) is 18.2 Å². The second-order valence-corrected chi connectivity index (χ2v) is 6.14. The van der Waals surface area contributed by atoms with Crippen LogP contribution in [-0.4, -0.2) is 16.6 Å². The van der Waals surface area contributed by atoms with Crippen LogP contribution in [0.5, 0.6) is 0 Å². The predicted molar refractivity (Wildman–Crippen MR) is 85.1 cm³/mol. The van der Waals surface area contributed by atoms with Gasteiger partial charge in [0.25, 0.3) is 11.6 Å². The highest BCUT2D eigenvalue weighted by Crippen LogP contribution is 2.35. The van der Waals surface area contributed by atoms with Crippen LogP contribution in [0, 0.1) is 10.1 Å². The van der Waals surface area contributed by atoms with Crippen molar-refractivity contribution in [3.8, 4) is 0 Å². The zero-order valence-electron chi connectivity index (χ0n) is 11.7. The summed E-state index contributed by atoms with van der Waals surface area (Å²) < 4.78 is 0. The second kappa shape index (κ2) is 6.19. The molecule has 2 aromatic carbocycles. The van der Waals surface area contributed by atoms with Gasteiger partial charge in [-0.1, -0.05) is 18.2 Å². The van der Waals surface area contributed by atoms with Crippen molar-refractivity contribution in [2.45, 2.75) is 17.4 Å². The molecule has 1 amide bonds. The van der Waals surface area contributed by atoms with Gasteiger partial charge in [-0.25, -0.2) is 0 Å². The molecule has 0 saturated heterocycles. The van der Waals surface area contributed by atoms with Crippen molar-refractivity contribution in [2.24, 2.45) is 0 Å². The molecule has 3 rings (SSSR count). The molecule has 0 bridgehead atoms. The average Bonchev–Trinajstić information content (AvgIpc) is 2.55. The van der Waals surface area contributed by atoms with Crippen LogP contribution < -0.4 is 5.32 Å². The van der Waals surface area contributed by atoms with Gasteiger partial charge >= 0.3 is 0 Å². The summed E-state index contributed by atoms with van der Waals surface area (Å²) in [5.74, 6) is 0.754. The summed E-state index contributed by atoms with van der Waals surface area (Å²) in [5, 5.41) is 13.7. The van der Waals surface area contributed by atoms with Crippen LogP contribution in [0.4, 0.5) is 5.69 Å². The molecule has 0 aromatic heterocycles. The van der Waals surface area contributed by atoms with E-state index in [-0.39, 0.29) is 17.6 Å². The SMILES string of the molecule is O=C(N[C@H]1CCSc2ccccc21)c1ccc([N+](=O)[O-])cc1. The van der Waals surface area contributed by atoms with E-state index in [9.17, 15) is 14.9 Å². The molecule has 0 spiro atoms. The Labute approximate surface area is 131 Å². The van der Waals surface area contributed by atoms with E-state index in [1.54, 1.807) is 11.8 Å². The second-order valence-electron chi connectivity index (χ2n) is 5.00. The Morgan fingerprint density at radius 3 is 2.64 bits per heavy atom. The van der Waals surface area contributed by atoms with Crippen LogP contribution >= 0.6 is 11.8 Å². The summed E-state index contributed by atoms with van der Waals surface area (Å²) in [4.78, 5) is 23.7. The Hall–Kier alpha value is -2.34. The number of nitrogens with zero attached hydrogens (tertiary/aromatic N) is 1. The first-order chi connectivity index (χ1) is 10.6. The van der Waals surface area contributed by atoms with Gasteiger partial charge in [-0.15, -0.1) is 11.8 Å². The van der Waals surface area contributed by atoms with Gasteiger partial charge in [0.1, 0.15) is 0 Å². The molecule has 1 aliphatic heterocycles. The van der Waals surface area contributed by atoms with Gasteiger partial charge in [0.2, 0.25) is 0 Å². The molecule has 1 aliphatic rings. The lowest BCUT2D eigenvalue weighted by Gasteiger charge is -2.25. The van der Waals surface area contributed by atoms with Crippen LogP contribution in [0.15, 0.2) is 53.4 Å². The fourth-order valence-electron chi connectivity index (χ4n) is 2.47. The summed E-state index contributed by atoms with van der Waals surface area (Å²) in [5.41, 5.74) is 1.55. The first-order valence-electron chi connectivity index (χ1n) is 6.92. The summed E-state index contributed by atoms with van der Waals surface area (Å²) in [6.45, 7) is 0. The number of nitro benzene ring substituents is 1. The molecule has 6 heteroatoms. The van der Waals surface area contributed by atoms with E-state index < -0.39 is 4.92 Å². The van der Waals surface area contributed by atoms with E-state index in [2.05, 4.69) is 11.4 Å². The highest BCUT2D eigenvalue weighted by Gasteiger charge is 2.22. The lowest BCUT2D eigenvalue weighted by atomic mass is 10.0. The molecule has 0 aliphatic carbocycles. The summed E-state index contributed by atoms with van der Waals surface area (Å²) in [6, 6.07) is 13.7. The van der Waals surface area contributed by atoms with Gasteiger partial charge in [-0.2, -0.15) is 0 Å². The summed E-state index contributed by atoms with van der Waals surface area (Å²) in [7, 11) is 0. The number of rotatable bonds is 3. The van der Waals surface area contributed by atoms with Crippen molar-refractivity contribution in [3.05, 3.63) is 69.8 Å². The normalized spacial score (nSPS) is 16.6. The first-order valence-corrected chi connectivity index (χ1v) is 7.91. The maximum absolute atomic E-state index is 12.3. The molecule has 5 nitrogen and oxygen atoms in total. The van der Waals surface area contributed by atoms with E-state index in [0.29, 0.717) is 5.56 Å². The molecule has 0 radical (unpaired) electrons. The Bertz CT molecular complexity index is 716. The van der Waals surface area contributed by atoms with Crippen molar-refractivity contribution in [1.82, 2.24) is 5.32 Å². The monoisotopic (exact) mass is 314 g/mol. The molecule has 112 valence electrons. The van der Waals surface area contributed by atoms with Crippen molar-refractivity contribution < 1.29 is 9.72 Å². The third-order valence-electron chi connectivity index (χ3n) is 3.60. The lowest BCUT2D eigenvalue weighted by molar-refractivity contribution is -0.384. The minimum Gasteiger partial charge on any atom is -0.345 e. The van der Waals surface area contributed by atoms with Gasteiger partial charge < -0.3 is 5.32 Å². The minimum atomic E-state index is -0.476. The average molecular weight is 314 g/mol. The maximum Gasteiger partial charge on any atom is 0.269 e. The third kappa shape index (κ3) is 2.96. The molecule has 0 unspecified atom stereocenters. The van der Waals surface area contributed by atoms with Gasteiger partial charge in [0, 0.05) is 28.3 Å². The molecule has 0 fully saturated rings. The number of benzene rings is 2. The number of thioether (sulfide) groups is 1. The topological polar surface area (TPSA) is 72.2 Å². The Balaban J connectivity index is 1.76. The largest absolute Gasteiger partial charge is 0.345 e. The molecule has 0 saturated carbocycles. The molecule has 2 aromatic rings. The van der Waals surface area contributed by atoms with E-state index >= 15 is 0 Å². The summed E-state index contributed by atoms with van der Waals surface area (Å²) >= 11 is 1.79. The van der Waals surface area contributed by atoms with Gasteiger partial charge in [0.15, 0.2) is 0 Å². The molecule has 22 heavy (non-hydrogen) atoms. The van der Waals surface area contributed by atoms with E-state index in [4.69, 9.17) is 0 Å². The van der Waals surface area contributed by atoms with Crippen molar-refractivity contribution in [3.63, 3.8) is 0 Å². The fraction of sp³-hybridized carbons (Fsp3) is 0.188. The van der Waals surface area contributed by atoms with Crippen molar-refractivity contribution >= 4 is 23.4 Å². The number of carbonyl (C=O) groups is 1. The third-order valence-corrected chi connectivity index (χ3v) is 4.73. The van der Waals surface area contributed by atoms with Gasteiger partial charge in [-0.05, 0) is 30.2 Å². The number of hydrogen-bond acceptors (Lipinski definition) is 4. The first kappa shape index (κ1) is 14.6. The van der Waals surface area contributed by atoms with Crippen LogP contribution in [0.25, 0.3) is 0 Å². The van der Waals surface area contributed by atoms with Crippen molar-refractivity contribution in [1.29, 1.82) is 0 Å². The maximum atomic E-state index is 12.3. The lowest BCUT2D eigenvalue weighted by Crippen LogP contribution is -2.30. The standard InChI is InChI=1S/C16H14N2O3S/c19-16(11-5-7-12(8-6-11)18(20)21)17-14-9-10-22-15-4-2-1-3-13(14)15/h1-8,14H,9-10H2,(H,17,19)/t14-/m0/s1. The number of amides is 1. The van der Waals surface area contributed by atoms with E-state index in [1.165, 1.54) is 29.2 Å². The van der Waals surface area contributed by atoms with Gasteiger partial charge in [0.05, 0.1) is 11.0 Å². The quantitative estimate of drug-likeness (QED) is 0.694. The van der Waals surface area contributed by atoms with Crippen LogP contribution in [0.2, 0.25) is 0 Å². The number of nitrogens with one attached hydrogen (secondary N) is 1. The van der Waals surface area contributed by atoms with Crippen LogP contribution in [-0.2, 0) is 0 Å². The molecule has 1 heterocycles. The Morgan fingerprint density at radius 2 is 1.91 bits per heavy atom. The predicted octanol–water partition coefficient (Wildman–Crippen LogP) is 3.56. The van der Waals surface area contributed by atoms with Crippen LogP contribution in [0.1, 0.15) is 28.4 Å². The fourth-order valence-corrected chi connectivity index (χ4v) is 3.59. The van der Waals surface area contributed by atoms with Crippen LogP contribution in [0.3, 0.4) is 0 Å². The number of fused-ring (bicyclic) bond motifs is 1. The molecular formula is C16H14N2O3S. The summed E-state index contributed by atoms with van der Waals surface area (Å²) in [6.07, 6.45) is 0.875. The molecular weight excluding hydrogens is 300 g/mol. The van der Waals surface area contributed by atoms with E-state index in [0.717, 1.165) is 17.7 Å². The smallest absolute Gasteiger partial charge is 0.269 e. The zero-order valence-corrected chi connectivity index (χ0v) is 12.5. The number of non-ortho nitro benzene ring substituents is 1. The van der Waals surface area contributed by atoms with Crippen molar-refractivity contribution in [2.75, 3.05) is 5.75 Å². The Morgan fingerprint density at radius 1 is 1.18 bits per heavy atom. The molecule has 1 N–H and O–H groups in total. The van der Waals surface area contributed by atoms with Gasteiger partial charge in [-0.3, -0.25) is 14.9 Å². The number of nitro groups is 1. The highest BCUT2D eigenvalue weighted by atomic mass is 32.2.